The van der Waals surface area contributed by atoms with Crippen molar-refractivity contribution in [2.75, 3.05) is 5.43 Å². The summed E-state index contributed by atoms with van der Waals surface area (Å²) in [6, 6.07) is 25.8. The first-order valence-electron chi connectivity index (χ1n) is 10.2. The van der Waals surface area contributed by atoms with Crippen LogP contribution in [0.25, 0.3) is 11.3 Å². The second-order valence-corrected chi connectivity index (χ2v) is 8.42. The highest BCUT2D eigenvalue weighted by Crippen LogP contribution is 2.23. The third kappa shape index (κ3) is 5.25. The molecule has 1 aromatic heterocycles. The van der Waals surface area contributed by atoms with Crippen molar-refractivity contribution in [3.63, 3.8) is 0 Å². The van der Waals surface area contributed by atoms with Gasteiger partial charge in [0.1, 0.15) is 0 Å². The summed E-state index contributed by atoms with van der Waals surface area (Å²) in [5.74, 6) is 0. The molecule has 32 heavy (non-hydrogen) atoms. The van der Waals surface area contributed by atoms with E-state index in [2.05, 4.69) is 27.1 Å². The zero-order valence-corrected chi connectivity index (χ0v) is 19.3. The highest BCUT2D eigenvalue weighted by Gasteiger charge is 2.07. The highest BCUT2D eigenvalue weighted by atomic mass is 35.5. The Morgan fingerprint density at radius 1 is 1.03 bits per heavy atom. The van der Waals surface area contributed by atoms with Gasteiger partial charge in [0.05, 0.1) is 22.8 Å². The Labute approximate surface area is 196 Å². The molecule has 160 valence electrons. The molecule has 4 aromatic rings. The molecule has 3 aromatic carbocycles. The maximum absolute atomic E-state index is 6.05. The summed E-state index contributed by atoms with van der Waals surface area (Å²) in [7, 11) is 0. The summed E-state index contributed by atoms with van der Waals surface area (Å²) >= 11 is 7.66. The summed E-state index contributed by atoms with van der Waals surface area (Å²) in [6.07, 6.45) is 1.88. The lowest BCUT2D eigenvalue weighted by atomic mass is 10.1. The number of thiazole rings is 1. The van der Waals surface area contributed by atoms with Gasteiger partial charge in [-0.3, -0.25) is 5.43 Å². The molecule has 1 N–H and O–H groups in total. The monoisotopic (exact) mass is 458 g/mol. The lowest BCUT2D eigenvalue weighted by molar-refractivity contribution is 0.800. The zero-order chi connectivity index (χ0) is 22.3. The van der Waals surface area contributed by atoms with Gasteiger partial charge >= 0.3 is 0 Å². The van der Waals surface area contributed by atoms with Gasteiger partial charge in [0, 0.05) is 16.9 Å². The Morgan fingerprint density at radius 3 is 2.44 bits per heavy atom. The van der Waals surface area contributed by atoms with E-state index in [1.165, 1.54) is 0 Å². The molecule has 0 fully saturated rings. The molecule has 0 atom stereocenters. The van der Waals surface area contributed by atoms with Crippen molar-refractivity contribution in [1.29, 1.82) is 0 Å². The molecule has 4 rings (SSSR count). The summed E-state index contributed by atoms with van der Waals surface area (Å²) in [5, 5.41) is 7.31. The first-order chi connectivity index (χ1) is 15.6. The largest absolute Gasteiger partial charge is 0.313 e. The minimum Gasteiger partial charge on any atom is -0.313 e. The molecule has 4 nitrogen and oxygen atoms in total. The number of para-hydroxylation sites is 1. The molecule has 0 bridgehead atoms. The average molecular weight is 459 g/mol. The van der Waals surface area contributed by atoms with Crippen molar-refractivity contribution in [3.05, 3.63) is 112 Å². The number of anilines is 1. The predicted molar refractivity (Wildman–Crippen MR) is 137 cm³/mol. The van der Waals surface area contributed by atoms with Crippen LogP contribution in [0.5, 0.6) is 0 Å². The Hall–Kier alpha value is -3.41. The number of allylic oxidation sites excluding steroid dienone is 1. The van der Waals surface area contributed by atoms with E-state index >= 15 is 0 Å². The Balaban J connectivity index is 1.59. The third-order valence-corrected chi connectivity index (χ3v) is 6.00. The maximum Gasteiger partial charge on any atom is 0.190 e. The minimum atomic E-state index is 0.676. The van der Waals surface area contributed by atoms with Gasteiger partial charge in [-0.25, -0.2) is 4.99 Å². The van der Waals surface area contributed by atoms with Crippen LogP contribution in [-0.4, -0.2) is 10.3 Å². The van der Waals surface area contributed by atoms with E-state index < -0.39 is 0 Å². The van der Waals surface area contributed by atoms with Crippen molar-refractivity contribution in [3.8, 4) is 11.3 Å². The van der Waals surface area contributed by atoms with Gasteiger partial charge in [-0.2, -0.15) is 5.10 Å². The van der Waals surface area contributed by atoms with E-state index in [4.69, 9.17) is 16.6 Å². The number of benzene rings is 3. The van der Waals surface area contributed by atoms with Crippen LogP contribution in [0.1, 0.15) is 12.5 Å². The van der Waals surface area contributed by atoms with Gasteiger partial charge in [-0.1, -0.05) is 60.1 Å². The van der Waals surface area contributed by atoms with Gasteiger partial charge in [0.2, 0.25) is 0 Å². The third-order valence-electron chi connectivity index (χ3n) is 4.89. The van der Waals surface area contributed by atoms with Crippen LogP contribution in [0.4, 0.5) is 11.4 Å². The van der Waals surface area contributed by atoms with Crippen molar-refractivity contribution in [2.24, 2.45) is 10.1 Å². The van der Waals surface area contributed by atoms with E-state index in [0.29, 0.717) is 6.54 Å². The molecule has 1 heterocycles. The average Bonchev–Trinajstić information content (AvgIpc) is 3.21. The second-order valence-electron chi connectivity index (χ2n) is 7.14. The molecule has 0 saturated heterocycles. The van der Waals surface area contributed by atoms with Gasteiger partial charge in [-0.05, 0) is 54.4 Å². The van der Waals surface area contributed by atoms with Crippen LogP contribution < -0.4 is 10.2 Å². The smallest absolute Gasteiger partial charge is 0.190 e. The van der Waals surface area contributed by atoms with Crippen LogP contribution in [0, 0.1) is 0 Å². The SMILES string of the molecule is C=CCn1c(-c2ccc(Cl)cc2)csc1=Nc1ccc(/C(C)=N\Nc2ccccc2)cc1. The quantitative estimate of drug-likeness (QED) is 0.179. The molecule has 0 aliphatic heterocycles. The van der Waals surface area contributed by atoms with Crippen LogP contribution >= 0.6 is 22.9 Å². The second kappa shape index (κ2) is 10.3. The first-order valence-corrected chi connectivity index (χ1v) is 11.5. The fourth-order valence-corrected chi connectivity index (χ4v) is 4.25. The van der Waals surface area contributed by atoms with Crippen LogP contribution in [0.2, 0.25) is 5.02 Å². The fraction of sp³-hybridized carbons (Fsp3) is 0.0769. The molecule has 0 radical (unpaired) electrons. The Kier molecular flexibility index (Phi) is 7.00. The van der Waals surface area contributed by atoms with Gasteiger partial charge in [-0.15, -0.1) is 17.9 Å². The van der Waals surface area contributed by atoms with E-state index in [-0.39, 0.29) is 0 Å². The van der Waals surface area contributed by atoms with Gasteiger partial charge < -0.3 is 4.57 Å². The number of aromatic nitrogens is 1. The summed E-state index contributed by atoms with van der Waals surface area (Å²) in [5.41, 5.74) is 9.07. The fourth-order valence-electron chi connectivity index (χ4n) is 3.19. The standard InChI is InChI=1S/C26H23ClN4S/c1-3-17-31-25(21-9-13-22(27)14-10-21)18-32-26(31)28-23-15-11-20(12-16-23)19(2)29-30-24-7-5-4-6-8-24/h3-16,18,30H,1,17H2,2H3/b28-26?,29-19-. The van der Waals surface area contributed by atoms with E-state index in [1.54, 1.807) is 11.3 Å². The molecule has 0 saturated carbocycles. The molecule has 0 aliphatic rings. The number of hydrazone groups is 1. The summed E-state index contributed by atoms with van der Waals surface area (Å²) < 4.78 is 2.16. The Morgan fingerprint density at radius 2 is 1.75 bits per heavy atom. The van der Waals surface area contributed by atoms with Crippen LogP contribution in [-0.2, 0) is 6.54 Å². The lowest BCUT2D eigenvalue weighted by Crippen LogP contribution is -2.14. The molecular weight excluding hydrogens is 436 g/mol. The molecule has 0 unspecified atom stereocenters. The Bertz CT molecular complexity index is 1280. The highest BCUT2D eigenvalue weighted by molar-refractivity contribution is 7.07. The lowest BCUT2D eigenvalue weighted by Gasteiger charge is -2.07. The van der Waals surface area contributed by atoms with E-state index in [0.717, 1.165) is 43.7 Å². The van der Waals surface area contributed by atoms with Crippen LogP contribution in [0.3, 0.4) is 0 Å². The minimum absolute atomic E-state index is 0.676. The number of hydrogen-bond acceptors (Lipinski definition) is 4. The molecule has 0 amide bonds. The predicted octanol–water partition coefficient (Wildman–Crippen LogP) is 7.12. The zero-order valence-electron chi connectivity index (χ0n) is 17.7. The summed E-state index contributed by atoms with van der Waals surface area (Å²) in [4.78, 5) is 5.79. The maximum atomic E-state index is 6.05. The van der Waals surface area contributed by atoms with Crippen molar-refractivity contribution < 1.29 is 0 Å². The topological polar surface area (TPSA) is 41.7 Å². The van der Waals surface area contributed by atoms with Crippen molar-refractivity contribution in [2.45, 2.75) is 13.5 Å². The first kappa shape index (κ1) is 21.8. The number of nitrogens with zero attached hydrogens (tertiary/aromatic N) is 3. The number of hydrogen-bond donors (Lipinski definition) is 1. The van der Waals surface area contributed by atoms with Crippen molar-refractivity contribution in [1.82, 2.24) is 4.57 Å². The molecule has 0 spiro atoms. The van der Waals surface area contributed by atoms with Gasteiger partial charge in [0.25, 0.3) is 0 Å². The number of rotatable bonds is 7. The van der Waals surface area contributed by atoms with Gasteiger partial charge in [0.15, 0.2) is 4.80 Å². The van der Waals surface area contributed by atoms with E-state index in [9.17, 15) is 0 Å². The molecule has 0 aliphatic carbocycles. The number of halogens is 1. The normalized spacial score (nSPS) is 12.1. The van der Waals surface area contributed by atoms with Crippen molar-refractivity contribution >= 4 is 40.0 Å². The molecular formula is C26H23ClN4S. The molecule has 6 heteroatoms. The van der Waals surface area contributed by atoms with E-state index in [1.807, 2.05) is 91.9 Å². The summed E-state index contributed by atoms with van der Waals surface area (Å²) in [6.45, 7) is 6.56. The van der Waals surface area contributed by atoms with Crippen LogP contribution in [0.15, 0.2) is 107 Å². The number of nitrogens with one attached hydrogen (secondary N) is 1.